The summed E-state index contributed by atoms with van der Waals surface area (Å²) < 4.78 is 29.7. The number of ether oxygens (including phenoxy) is 2. The summed E-state index contributed by atoms with van der Waals surface area (Å²) in [6, 6.07) is 16.3. The largest absolute Gasteiger partial charge is 0.453 e. The molecule has 2 aromatic carbocycles. The van der Waals surface area contributed by atoms with Crippen LogP contribution in [-0.2, 0) is 17.7 Å². The molecule has 45 heavy (non-hydrogen) atoms. The molecule has 0 radical (unpaired) electrons. The number of fused-ring (bicyclic) bond motifs is 1. The number of nitrogens with zero attached hydrogens (tertiary/aromatic N) is 3. The molecular weight excluding hydrogens is 599 g/mol. The van der Waals surface area contributed by atoms with Crippen molar-refractivity contribution in [1.29, 1.82) is 0 Å². The summed E-state index contributed by atoms with van der Waals surface area (Å²) in [5.41, 5.74) is 0.145. The molecule has 2 N–H and O–H groups in total. The molecule has 0 fully saturated rings. The second kappa shape index (κ2) is 13.1. The Bertz CT molecular complexity index is 1920. The molecule has 0 aliphatic carbocycles. The van der Waals surface area contributed by atoms with Crippen LogP contribution in [0.3, 0.4) is 0 Å². The van der Waals surface area contributed by atoms with Gasteiger partial charge in [-0.25, -0.2) is 9.07 Å². The Balaban J connectivity index is 1.38. The van der Waals surface area contributed by atoms with E-state index in [9.17, 15) is 19.5 Å². The van der Waals surface area contributed by atoms with Crippen molar-refractivity contribution >= 4 is 33.2 Å². The maximum absolute atomic E-state index is 15.3. The maximum Gasteiger partial charge on any atom is 0.282 e. The van der Waals surface area contributed by atoms with Crippen molar-refractivity contribution in [2.45, 2.75) is 39.3 Å². The van der Waals surface area contributed by atoms with E-state index in [1.54, 1.807) is 75.0 Å². The Labute approximate surface area is 262 Å². The lowest BCUT2D eigenvalue weighted by Gasteiger charge is -2.22. The molecule has 0 atom stereocenters. The minimum Gasteiger partial charge on any atom is -0.453 e. The van der Waals surface area contributed by atoms with Crippen molar-refractivity contribution in [2.24, 2.45) is 0 Å². The first-order chi connectivity index (χ1) is 21.5. The molecule has 0 aliphatic heterocycles. The van der Waals surface area contributed by atoms with Crippen LogP contribution in [0.2, 0.25) is 0 Å². The summed E-state index contributed by atoms with van der Waals surface area (Å²) in [4.78, 5) is 44.3. The van der Waals surface area contributed by atoms with E-state index in [4.69, 9.17) is 9.47 Å². The molecule has 3 aromatic heterocycles. The molecule has 0 saturated heterocycles. The van der Waals surface area contributed by atoms with E-state index in [1.165, 1.54) is 34.3 Å². The number of rotatable bonds is 12. The topological polar surface area (TPSA) is 125 Å². The van der Waals surface area contributed by atoms with Gasteiger partial charge in [-0.15, -0.1) is 11.3 Å². The molecule has 3 heterocycles. The van der Waals surface area contributed by atoms with E-state index < -0.39 is 22.8 Å². The average molecular weight is 633 g/mol. The Morgan fingerprint density at radius 1 is 1.09 bits per heavy atom. The molecule has 0 bridgehead atoms. The summed E-state index contributed by atoms with van der Waals surface area (Å²) in [7, 11) is 1.55. The van der Waals surface area contributed by atoms with Crippen LogP contribution < -0.4 is 15.6 Å². The standard InChI is InChI=1S/C33H33FN4O6S/c1-20-29(32(41)38(22-8-6-5-7-9-22)37(20)19-33(2,3)42)25(39)17-21-10-11-26(23(34)16-21)44-27-12-13-35-24-18-28(45-30(24)27)31(40)36-14-15-43-4/h5-13,16,18,42H,14-15,17,19H2,1-4H3,(H,36,40). The van der Waals surface area contributed by atoms with Crippen LogP contribution >= 0.6 is 11.3 Å². The molecular formula is C33H33FN4O6S. The predicted octanol–water partition coefficient (Wildman–Crippen LogP) is 5.06. The van der Waals surface area contributed by atoms with Crippen LogP contribution in [0.25, 0.3) is 15.9 Å². The number of halogens is 1. The van der Waals surface area contributed by atoms with E-state index >= 15 is 4.39 Å². The van der Waals surface area contributed by atoms with Gasteiger partial charge in [0.2, 0.25) is 0 Å². The Morgan fingerprint density at radius 2 is 1.84 bits per heavy atom. The van der Waals surface area contributed by atoms with Gasteiger partial charge in [-0.2, -0.15) is 0 Å². The number of carbonyl (C=O) groups is 2. The number of carbonyl (C=O) groups excluding carboxylic acids is 2. The smallest absolute Gasteiger partial charge is 0.282 e. The fourth-order valence-electron chi connectivity index (χ4n) is 4.94. The number of Topliss-reactive ketones (excluding diaryl/α,β-unsaturated/α-hetero) is 1. The second-order valence-electron chi connectivity index (χ2n) is 11.1. The fraction of sp³-hybridized carbons (Fsp3) is 0.273. The minimum absolute atomic E-state index is 0.0252. The Kier molecular flexibility index (Phi) is 9.28. The number of benzene rings is 2. The summed E-state index contributed by atoms with van der Waals surface area (Å²) in [6.07, 6.45) is 1.29. The molecule has 0 saturated carbocycles. The lowest BCUT2D eigenvalue weighted by Crippen LogP contribution is -2.32. The number of hydrogen-bond donors (Lipinski definition) is 2. The van der Waals surface area contributed by atoms with E-state index in [1.807, 2.05) is 6.07 Å². The van der Waals surface area contributed by atoms with Crippen molar-refractivity contribution in [3.05, 3.63) is 105 Å². The van der Waals surface area contributed by atoms with Gasteiger partial charge in [-0.3, -0.25) is 24.0 Å². The lowest BCUT2D eigenvalue weighted by molar-refractivity contribution is 0.0545. The zero-order valence-electron chi connectivity index (χ0n) is 25.3. The lowest BCUT2D eigenvalue weighted by atomic mass is 10.0. The molecule has 10 nitrogen and oxygen atoms in total. The molecule has 234 valence electrons. The zero-order chi connectivity index (χ0) is 32.3. The van der Waals surface area contributed by atoms with Crippen LogP contribution in [0.4, 0.5) is 4.39 Å². The summed E-state index contributed by atoms with van der Waals surface area (Å²) in [5.74, 6) is -1.19. The quantitative estimate of drug-likeness (QED) is 0.146. The van der Waals surface area contributed by atoms with Gasteiger partial charge in [-0.1, -0.05) is 24.3 Å². The third-order valence-corrected chi connectivity index (χ3v) is 8.12. The highest BCUT2D eigenvalue weighted by Crippen LogP contribution is 2.36. The van der Waals surface area contributed by atoms with Crippen LogP contribution in [0.15, 0.2) is 71.7 Å². The van der Waals surface area contributed by atoms with Crippen LogP contribution in [0, 0.1) is 12.7 Å². The van der Waals surface area contributed by atoms with Gasteiger partial charge in [-0.05, 0) is 56.7 Å². The molecule has 5 rings (SSSR count). The van der Waals surface area contributed by atoms with Crippen molar-refractivity contribution in [3.63, 3.8) is 0 Å². The molecule has 0 aliphatic rings. The number of thiophene rings is 1. The van der Waals surface area contributed by atoms with E-state index in [0.29, 0.717) is 50.9 Å². The van der Waals surface area contributed by atoms with Gasteiger partial charge in [0.05, 0.1) is 39.5 Å². The van der Waals surface area contributed by atoms with E-state index in [2.05, 4.69) is 10.3 Å². The van der Waals surface area contributed by atoms with Crippen molar-refractivity contribution in [3.8, 4) is 17.2 Å². The van der Waals surface area contributed by atoms with Crippen LogP contribution in [0.5, 0.6) is 11.5 Å². The minimum atomic E-state index is -1.16. The maximum atomic E-state index is 15.3. The van der Waals surface area contributed by atoms with Crippen LogP contribution in [0.1, 0.15) is 45.1 Å². The Morgan fingerprint density at radius 3 is 2.53 bits per heavy atom. The molecule has 0 spiro atoms. The van der Waals surface area contributed by atoms with Crippen molar-refractivity contribution in [2.75, 3.05) is 20.3 Å². The van der Waals surface area contributed by atoms with Gasteiger partial charge in [0.1, 0.15) is 11.3 Å². The van der Waals surface area contributed by atoms with Gasteiger partial charge < -0.3 is 19.9 Å². The number of para-hydroxylation sites is 1. The number of aliphatic hydroxyl groups is 1. The average Bonchev–Trinajstić information content (AvgIpc) is 3.53. The van der Waals surface area contributed by atoms with Crippen LogP contribution in [-0.4, -0.2) is 57.0 Å². The Hall–Kier alpha value is -4.65. The highest BCUT2D eigenvalue weighted by Gasteiger charge is 2.27. The third kappa shape index (κ3) is 7.03. The molecule has 5 aromatic rings. The predicted molar refractivity (Wildman–Crippen MR) is 169 cm³/mol. The number of nitrogens with one attached hydrogen (secondary N) is 1. The SMILES string of the molecule is COCCNC(=O)c1cc2nccc(Oc3ccc(CC(=O)c4c(C)n(CC(C)(C)O)n(-c5ccccc5)c4=O)cc3F)c2s1. The van der Waals surface area contributed by atoms with Gasteiger partial charge in [0, 0.05) is 38.0 Å². The van der Waals surface area contributed by atoms with Gasteiger partial charge >= 0.3 is 0 Å². The molecule has 12 heteroatoms. The monoisotopic (exact) mass is 632 g/mol. The summed E-state index contributed by atoms with van der Waals surface area (Å²) in [5, 5.41) is 13.3. The second-order valence-corrected chi connectivity index (χ2v) is 12.2. The van der Waals surface area contributed by atoms with Crippen molar-refractivity contribution in [1.82, 2.24) is 19.7 Å². The number of ketones is 1. The normalized spacial score (nSPS) is 11.6. The van der Waals surface area contributed by atoms with E-state index in [-0.39, 0.29) is 30.2 Å². The fourth-order valence-corrected chi connectivity index (χ4v) is 5.92. The number of aromatic nitrogens is 3. The van der Waals surface area contributed by atoms with Crippen molar-refractivity contribution < 1.29 is 28.6 Å². The third-order valence-electron chi connectivity index (χ3n) is 6.99. The first-order valence-electron chi connectivity index (χ1n) is 14.2. The first-order valence-corrected chi connectivity index (χ1v) is 15.0. The highest BCUT2D eigenvalue weighted by molar-refractivity contribution is 7.21. The number of pyridine rings is 1. The number of amides is 1. The van der Waals surface area contributed by atoms with Gasteiger partial charge in [0.25, 0.3) is 11.5 Å². The van der Waals surface area contributed by atoms with Gasteiger partial charge in [0.15, 0.2) is 17.3 Å². The summed E-state index contributed by atoms with van der Waals surface area (Å²) >= 11 is 1.17. The first kappa shape index (κ1) is 31.8. The zero-order valence-corrected chi connectivity index (χ0v) is 26.1. The summed E-state index contributed by atoms with van der Waals surface area (Å²) in [6.45, 7) is 5.71. The van der Waals surface area contributed by atoms with E-state index in [0.717, 1.165) is 0 Å². The number of hydrogen-bond acceptors (Lipinski definition) is 8. The number of methoxy groups -OCH3 is 1. The highest BCUT2D eigenvalue weighted by atomic mass is 32.1. The molecule has 1 amide bonds. The molecule has 0 unspecified atom stereocenters.